The molecule has 0 saturated carbocycles. The topological polar surface area (TPSA) is 25.1 Å². The van der Waals surface area contributed by atoms with E-state index in [9.17, 15) is 0 Å². The summed E-state index contributed by atoms with van der Waals surface area (Å²) in [6.45, 7) is 4.39. The fraction of sp³-hybridized carbons (Fsp3) is 1.00. The van der Waals surface area contributed by atoms with E-state index in [0.717, 1.165) is 19.1 Å². The minimum Gasteiger partial charge on any atom is -0.373 e. The van der Waals surface area contributed by atoms with E-state index in [1.165, 1.54) is 32.1 Å². The van der Waals surface area contributed by atoms with E-state index in [-0.39, 0.29) is 0 Å². The van der Waals surface area contributed by atoms with Crippen molar-refractivity contribution >= 4 is 0 Å². The van der Waals surface area contributed by atoms with Crippen LogP contribution in [0.2, 0.25) is 0 Å². The van der Waals surface area contributed by atoms with Crippen molar-refractivity contribution in [3.8, 4) is 0 Å². The van der Waals surface area contributed by atoms with E-state index in [0.29, 0.717) is 12.2 Å². The molecule has 3 unspecified atom stereocenters. The summed E-state index contributed by atoms with van der Waals surface area (Å²) in [6, 6.07) is 0. The summed E-state index contributed by atoms with van der Waals surface area (Å²) in [5.41, 5.74) is 0. The predicted octanol–water partition coefficient (Wildman–Crippen LogP) is 2.37. The second-order valence-corrected chi connectivity index (χ2v) is 4.52. The van der Waals surface area contributed by atoms with Crippen LogP contribution in [0.5, 0.6) is 0 Å². The first-order valence-corrected chi connectivity index (χ1v) is 5.58. The summed E-state index contributed by atoms with van der Waals surface area (Å²) in [5.74, 6) is 0.878. The monoisotopic (exact) mass is 184 g/mol. The van der Waals surface area contributed by atoms with Gasteiger partial charge < -0.3 is 9.47 Å². The maximum Gasteiger partial charge on any atom is 0.0810 e. The van der Waals surface area contributed by atoms with Crippen molar-refractivity contribution < 1.29 is 9.47 Å². The number of hydrogen-bond acceptors (Lipinski definition) is 2. The second kappa shape index (κ2) is 4.43. The Hall–Kier alpha value is -0.0800. The molecular formula is C11H20O2. The van der Waals surface area contributed by atoms with E-state index in [2.05, 4.69) is 6.92 Å². The lowest BCUT2D eigenvalue weighted by atomic mass is 9.97. The van der Waals surface area contributed by atoms with Gasteiger partial charge in [0.25, 0.3) is 0 Å². The third-order valence-corrected chi connectivity index (χ3v) is 3.01. The highest BCUT2D eigenvalue weighted by molar-refractivity contribution is 4.72. The minimum absolute atomic E-state index is 0.620. The molecule has 0 bridgehead atoms. The van der Waals surface area contributed by atoms with Gasteiger partial charge in [-0.1, -0.05) is 19.8 Å². The first-order chi connectivity index (χ1) is 6.34. The highest BCUT2D eigenvalue weighted by atomic mass is 16.6. The van der Waals surface area contributed by atoms with E-state index in [4.69, 9.17) is 9.47 Å². The van der Waals surface area contributed by atoms with Crippen LogP contribution in [0.4, 0.5) is 0 Å². The summed E-state index contributed by atoms with van der Waals surface area (Å²) in [4.78, 5) is 0. The van der Waals surface area contributed by atoms with Gasteiger partial charge in [-0.3, -0.25) is 0 Å². The van der Waals surface area contributed by atoms with Crippen molar-refractivity contribution in [2.75, 3.05) is 13.2 Å². The molecule has 2 aliphatic rings. The number of ether oxygens (including phenoxy) is 2. The van der Waals surface area contributed by atoms with Crippen LogP contribution in [0.3, 0.4) is 0 Å². The van der Waals surface area contributed by atoms with Gasteiger partial charge in [0.05, 0.1) is 25.4 Å². The molecule has 0 aromatic rings. The van der Waals surface area contributed by atoms with Gasteiger partial charge in [0.15, 0.2) is 0 Å². The summed E-state index contributed by atoms with van der Waals surface area (Å²) >= 11 is 0. The van der Waals surface area contributed by atoms with Crippen LogP contribution in [0, 0.1) is 5.92 Å². The number of rotatable bonds is 7. The quantitative estimate of drug-likeness (QED) is 0.567. The van der Waals surface area contributed by atoms with Crippen molar-refractivity contribution in [2.45, 2.75) is 51.2 Å². The fourth-order valence-corrected chi connectivity index (χ4v) is 1.78. The minimum atomic E-state index is 0.620. The number of epoxide rings is 2. The Bertz CT molecular complexity index is 150. The molecule has 13 heavy (non-hydrogen) atoms. The van der Waals surface area contributed by atoms with E-state index < -0.39 is 0 Å². The molecule has 0 amide bonds. The lowest BCUT2D eigenvalue weighted by Gasteiger charge is -2.08. The Morgan fingerprint density at radius 3 is 2.31 bits per heavy atom. The molecule has 0 aliphatic carbocycles. The van der Waals surface area contributed by atoms with Crippen LogP contribution in [0.25, 0.3) is 0 Å². The highest BCUT2D eigenvalue weighted by Crippen LogP contribution is 2.23. The largest absolute Gasteiger partial charge is 0.373 e. The molecule has 0 radical (unpaired) electrons. The fourth-order valence-electron chi connectivity index (χ4n) is 1.78. The average Bonchev–Trinajstić information content (AvgIpc) is 2.97. The molecule has 2 nitrogen and oxygen atoms in total. The zero-order chi connectivity index (χ0) is 9.10. The van der Waals surface area contributed by atoms with Crippen molar-refractivity contribution in [3.05, 3.63) is 0 Å². The molecule has 2 aliphatic heterocycles. The normalized spacial score (nSPS) is 33.0. The van der Waals surface area contributed by atoms with Crippen molar-refractivity contribution in [3.63, 3.8) is 0 Å². The number of hydrogen-bond donors (Lipinski definition) is 0. The third-order valence-electron chi connectivity index (χ3n) is 3.01. The van der Waals surface area contributed by atoms with Crippen LogP contribution in [-0.4, -0.2) is 25.4 Å². The Morgan fingerprint density at radius 2 is 1.69 bits per heavy atom. The Morgan fingerprint density at radius 1 is 1.08 bits per heavy atom. The molecule has 2 heterocycles. The first-order valence-electron chi connectivity index (χ1n) is 5.58. The van der Waals surface area contributed by atoms with Crippen LogP contribution < -0.4 is 0 Å². The Labute approximate surface area is 80.6 Å². The molecule has 2 rings (SSSR count). The van der Waals surface area contributed by atoms with Crippen molar-refractivity contribution in [1.29, 1.82) is 0 Å². The smallest absolute Gasteiger partial charge is 0.0810 e. The van der Waals surface area contributed by atoms with Crippen LogP contribution >= 0.6 is 0 Å². The van der Waals surface area contributed by atoms with Gasteiger partial charge in [-0.25, -0.2) is 0 Å². The molecule has 2 fully saturated rings. The lowest BCUT2D eigenvalue weighted by molar-refractivity contribution is 0.352. The summed E-state index contributed by atoms with van der Waals surface area (Å²) in [6.07, 6.45) is 7.86. The second-order valence-electron chi connectivity index (χ2n) is 4.52. The molecule has 0 spiro atoms. The van der Waals surface area contributed by atoms with Crippen LogP contribution in [0.1, 0.15) is 39.0 Å². The third kappa shape index (κ3) is 4.10. The van der Waals surface area contributed by atoms with Gasteiger partial charge in [-0.2, -0.15) is 0 Å². The molecule has 0 N–H and O–H groups in total. The predicted molar refractivity (Wildman–Crippen MR) is 51.7 cm³/mol. The molecule has 76 valence electrons. The molecular weight excluding hydrogens is 164 g/mol. The summed E-state index contributed by atoms with van der Waals surface area (Å²) < 4.78 is 10.4. The standard InChI is InChI=1S/C11H20O2/c1-9(5-6-11-8-13-11)3-2-4-10-7-12-10/h9-11H,2-8H2,1H3. The lowest BCUT2D eigenvalue weighted by Crippen LogP contribution is -1.98. The SMILES string of the molecule is CC(CCCC1CO1)CCC1CO1. The molecule has 0 aromatic carbocycles. The van der Waals surface area contributed by atoms with E-state index in [1.54, 1.807) is 0 Å². The molecule has 3 atom stereocenters. The van der Waals surface area contributed by atoms with Crippen molar-refractivity contribution in [2.24, 2.45) is 5.92 Å². The molecule has 0 aromatic heterocycles. The maximum atomic E-state index is 5.19. The van der Waals surface area contributed by atoms with Crippen LogP contribution in [-0.2, 0) is 9.47 Å². The molecule has 2 saturated heterocycles. The van der Waals surface area contributed by atoms with Crippen molar-refractivity contribution in [1.82, 2.24) is 0 Å². The van der Waals surface area contributed by atoms with Gasteiger partial charge in [0.1, 0.15) is 0 Å². The van der Waals surface area contributed by atoms with Gasteiger partial charge in [0, 0.05) is 0 Å². The highest BCUT2D eigenvalue weighted by Gasteiger charge is 2.23. The Balaban J connectivity index is 1.42. The van der Waals surface area contributed by atoms with Gasteiger partial charge >= 0.3 is 0 Å². The Kier molecular flexibility index (Phi) is 3.23. The zero-order valence-electron chi connectivity index (χ0n) is 8.50. The zero-order valence-corrected chi connectivity index (χ0v) is 8.50. The molecule has 2 heteroatoms. The van der Waals surface area contributed by atoms with Gasteiger partial charge in [0.2, 0.25) is 0 Å². The maximum absolute atomic E-state index is 5.19. The van der Waals surface area contributed by atoms with E-state index >= 15 is 0 Å². The van der Waals surface area contributed by atoms with Gasteiger partial charge in [-0.15, -0.1) is 0 Å². The summed E-state index contributed by atoms with van der Waals surface area (Å²) in [5, 5.41) is 0. The van der Waals surface area contributed by atoms with Gasteiger partial charge in [-0.05, 0) is 25.2 Å². The summed E-state index contributed by atoms with van der Waals surface area (Å²) in [7, 11) is 0. The average molecular weight is 184 g/mol. The van der Waals surface area contributed by atoms with Crippen LogP contribution in [0.15, 0.2) is 0 Å². The van der Waals surface area contributed by atoms with E-state index in [1.807, 2.05) is 0 Å². The first kappa shape index (κ1) is 9.47.